The summed E-state index contributed by atoms with van der Waals surface area (Å²) in [5, 5.41) is 9.50. The van der Waals surface area contributed by atoms with Gasteiger partial charge in [-0.2, -0.15) is 0 Å². The Kier molecular flexibility index (Phi) is 3.94. The Bertz CT molecular complexity index is 351. The normalized spacial score (nSPS) is 22.5. The fourth-order valence-corrected chi connectivity index (χ4v) is 2.31. The van der Waals surface area contributed by atoms with Gasteiger partial charge in [0.2, 0.25) is 0 Å². The summed E-state index contributed by atoms with van der Waals surface area (Å²) < 4.78 is 4.92. The molecule has 0 aliphatic carbocycles. The van der Waals surface area contributed by atoms with E-state index in [9.17, 15) is 9.82 Å². The lowest BCUT2D eigenvalue weighted by Gasteiger charge is -2.37. The second-order valence-corrected chi connectivity index (χ2v) is 4.72. The van der Waals surface area contributed by atoms with E-state index in [4.69, 9.17) is 9.57 Å². The van der Waals surface area contributed by atoms with Crippen molar-refractivity contribution < 1.29 is 19.4 Å². The average molecular weight is 254 g/mol. The minimum Gasteiger partial charge on any atom is -0.461 e. The summed E-state index contributed by atoms with van der Waals surface area (Å²) >= 11 is 0. The van der Waals surface area contributed by atoms with Crippen molar-refractivity contribution in [1.82, 2.24) is 10.3 Å². The molecule has 2 N–H and O–H groups in total. The SMILES string of the molecule is CCOC(=O)C1=CC2(CCN(B(C)O)CC2)ON1. The van der Waals surface area contributed by atoms with E-state index < -0.39 is 12.7 Å². The highest BCUT2D eigenvalue weighted by atomic mass is 16.7. The van der Waals surface area contributed by atoms with Crippen molar-refractivity contribution in [2.75, 3.05) is 19.7 Å². The topological polar surface area (TPSA) is 71.0 Å². The van der Waals surface area contributed by atoms with Crippen LogP contribution in [0.15, 0.2) is 11.8 Å². The molecule has 0 saturated carbocycles. The molecule has 100 valence electrons. The number of carbonyl (C=O) groups excluding carboxylic acids is 1. The molecule has 0 aromatic rings. The van der Waals surface area contributed by atoms with Crippen LogP contribution >= 0.6 is 0 Å². The summed E-state index contributed by atoms with van der Waals surface area (Å²) in [4.78, 5) is 19.1. The van der Waals surface area contributed by atoms with Crippen molar-refractivity contribution in [3.63, 3.8) is 0 Å². The molecule has 0 atom stereocenters. The lowest BCUT2D eigenvalue weighted by Crippen LogP contribution is -2.49. The average Bonchev–Trinajstić information content (AvgIpc) is 2.74. The Morgan fingerprint density at radius 3 is 2.89 bits per heavy atom. The first-order chi connectivity index (χ1) is 8.56. The van der Waals surface area contributed by atoms with Gasteiger partial charge in [-0.25, -0.2) is 4.79 Å². The summed E-state index contributed by atoms with van der Waals surface area (Å²) in [6, 6.07) is 0. The number of ether oxygens (including phenoxy) is 1. The lowest BCUT2D eigenvalue weighted by molar-refractivity contribution is -0.140. The van der Waals surface area contributed by atoms with Crippen molar-refractivity contribution in [3.8, 4) is 0 Å². The van der Waals surface area contributed by atoms with Crippen LogP contribution in [0, 0.1) is 0 Å². The highest BCUT2D eigenvalue weighted by Crippen LogP contribution is 2.32. The maximum atomic E-state index is 11.6. The van der Waals surface area contributed by atoms with Gasteiger partial charge >= 0.3 is 13.0 Å². The molecule has 18 heavy (non-hydrogen) atoms. The van der Waals surface area contributed by atoms with Gasteiger partial charge in [-0.3, -0.25) is 10.3 Å². The Morgan fingerprint density at radius 1 is 1.67 bits per heavy atom. The second-order valence-electron chi connectivity index (χ2n) is 4.72. The number of hydrogen-bond donors (Lipinski definition) is 2. The maximum absolute atomic E-state index is 11.6. The van der Waals surface area contributed by atoms with Crippen LogP contribution < -0.4 is 5.48 Å². The highest BCUT2D eigenvalue weighted by molar-refractivity contribution is 6.45. The van der Waals surface area contributed by atoms with Crippen molar-refractivity contribution in [2.45, 2.75) is 32.2 Å². The van der Waals surface area contributed by atoms with E-state index in [1.54, 1.807) is 13.7 Å². The van der Waals surface area contributed by atoms with Gasteiger partial charge in [-0.15, -0.1) is 0 Å². The fourth-order valence-electron chi connectivity index (χ4n) is 2.31. The molecule has 6 nitrogen and oxygen atoms in total. The minimum atomic E-state index is -0.440. The van der Waals surface area contributed by atoms with Crippen LogP contribution in [0.25, 0.3) is 0 Å². The lowest BCUT2D eigenvalue weighted by atomic mass is 9.79. The van der Waals surface area contributed by atoms with E-state index in [-0.39, 0.29) is 5.97 Å². The first-order valence-corrected chi connectivity index (χ1v) is 6.32. The Labute approximate surface area is 107 Å². The Morgan fingerprint density at radius 2 is 2.33 bits per heavy atom. The molecule has 7 heteroatoms. The Hall–Kier alpha value is -1.05. The Balaban J connectivity index is 1.97. The van der Waals surface area contributed by atoms with Crippen LogP contribution in [-0.2, 0) is 14.4 Å². The predicted octanol–water partition coefficient (Wildman–Crippen LogP) is -0.0869. The number of piperidine rings is 1. The third-order valence-electron chi connectivity index (χ3n) is 3.44. The van der Waals surface area contributed by atoms with Gasteiger partial charge in [0.1, 0.15) is 11.3 Å². The number of nitrogens with zero attached hydrogens (tertiary/aromatic N) is 1. The van der Waals surface area contributed by atoms with Crippen LogP contribution in [-0.4, -0.2) is 48.2 Å². The van der Waals surface area contributed by atoms with Gasteiger partial charge in [0, 0.05) is 0 Å². The number of rotatable bonds is 3. The molecule has 1 saturated heterocycles. The van der Waals surface area contributed by atoms with E-state index in [2.05, 4.69) is 5.48 Å². The molecule has 0 bridgehead atoms. The molecule has 2 rings (SSSR count). The van der Waals surface area contributed by atoms with Crippen molar-refractivity contribution in [1.29, 1.82) is 0 Å². The zero-order chi connectivity index (χ0) is 13.2. The fraction of sp³-hybridized carbons (Fsp3) is 0.727. The number of hydroxylamine groups is 1. The molecular formula is C11H19BN2O4. The van der Waals surface area contributed by atoms with Crippen LogP contribution in [0.2, 0.25) is 6.82 Å². The van der Waals surface area contributed by atoms with Gasteiger partial charge in [0.25, 0.3) is 0 Å². The third kappa shape index (κ3) is 2.68. The van der Waals surface area contributed by atoms with Gasteiger partial charge in [0.05, 0.1) is 6.61 Å². The van der Waals surface area contributed by atoms with Gasteiger partial charge in [-0.05, 0) is 45.8 Å². The summed E-state index contributed by atoms with van der Waals surface area (Å²) in [7, 11) is -0.440. The van der Waals surface area contributed by atoms with E-state index in [0.717, 1.165) is 25.9 Å². The standard InChI is InChI=1S/C11H19BN2O4/c1-3-17-10(15)9-8-11(18-13-9)4-6-14(7-5-11)12(2)16/h8,13,16H,3-7H2,1-2H3. The first kappa shape index (κ1) is 13.4. The van der Waals surface area contributed by atoms with E-state index in [0.29, 0.717) is 12.3 Å². The zero-order valence-electron chi connectivity index (χ0n) is 10.8. The zero-order valence-corrected chi connectivity index (χ0v) is 10.8. The maximum Gasteiger partial charge on any atom is 0.376 e. The molecule has 2 aliphatic heterocycles. The summed E-state index contributed by atoms with van der Waals surface area (Å²) in [5.74, 6) is -0.382. The van der Waals surface area contributed by atoms with Crippen LogP contribution in [0.3, 0.4) is 0 Å². The molecule has 0 aromatic heterocycles. The predicted molar refractivity (Wildman–Crippen MR) is 66.3 cm³/mol. The molecule has 0 aromatic carbocycles. The van der Waals surface area contributed by atoms with E-state index in [1.807, 2.05) is 10.9 Å². The number of nitrogens with one attached hydrogen (secondary N) is 1. The second kappa shape index (κ2) is 5.30. The van der Waals surface area contributed by atoms with Gasteiger partial charge in [-0.1, -0.05) is 0 Å². The van der Waals surface area contributed by atoms with Crippen LogP contribution in [0.1, 0.15) is 19.8 Å². The van der Waals surface area contributed by atoms with Crippen molar-refractivity contribution in [2.24, 2.45) is 0 Å². The highest BCUT2D eigenvalue weighted by Gasteiger charge is 2.41. The molecule has 2 heterocycles. The molecule has 1 spiro atoms. The van der Waals surface area contributed by atoms with Crippen LogP contribution in [0.5, 0.6) is 0 Å². The molecule has 2 aliphatic rings. The number of esters is 1. The van der Waals surface area contributed by atoms with E-state index >= 15 is 0 Å². The summed E-state index contributed by atoms with van der Waals surface area (Å²) in [5.41, 5.74) is 2.59. The first-order valence-electron chi connectivity index (χ1n) is 6.32. The molecule has 0 unspecified atom stereocenters. The summed E-state index contributed by atoms with van der Waals surface area (Å²) in [6.45, 7) is 5.36. The van der Waals surface area contributed by atoms with Crippen molar-refractivity contribution in [3.05, 3.63) is 11.8 Å². The van der Waals surface area contributed by atoms with E-state index in [1.165, 1.54) is 0 Å². The monoisotopic (exact) mass is 254 g/mol. The molecule has 0 radical (unpaired) electrons. The van der Waals surface area contributed by atoms with Crippen LogP contribution in [0.4, 0.5) is 0 Å². The van der Waals surface area contributed by atoms with Gasteiger partial charge < -0.3 is 14.6 Å². The number of carbonyl (C=O) groups is 1. The van der Waals surface area contributed by atoms with Gasteiger partial charge in [0.15, 0.2) is 0 Å². The summed E-state index contributed by atoms with van der Waals surface area (Å²) in [6.07, 6.45) is 3.30. The smallest absolute Gasteiger partial charge is 0.376 e. The third-order valence-corrected chi connectivity index (χ3v) is 3.44. The quantitative estimate of drug-likeness (QED) is 0.542. The largest absolute Gasteiger partial charge is 0.461 e. The molecule has 0 amide bonds. The minimum absolute atomic E-state index is 0.348. The molecular weight excluding hydrogens is 235 g/mol. The van der Waals surface area contributed by atoms with Crippen molar-refractivity contribution >= 4 is 13.0 Å². The number of hydrogen-bond acceptors (Lipinski definition) is 6. The molecule has 1 fully saturated rings.